The van der Waals surface area contributed by atoms with Crippen molar-refractivity contribution < 1.29 is 20.1 Å². The van der Waals surface area contributed by atoms with Crippen LogP contribution in [0.4, 0.5) is 0 Å². The molecule has 9 aromatic carbocycles. The van der Waals surface area contributed by atoms with Gasteiger partial charge >= 0.3 is 20.1 Å². The molecule has 0 unspecified atom stereocenters. The molecule has 352 valence electrons. The van der Waals surface area contributed by atoms with E-state index in [2.05, 4.69) is 242 Å². The number of rotatable bonds is 13. The van der Waals surface area contributed by atoms with Crippen molar-refractivity contribution in [3.8, 4) is 78.5 Å². The largest absolute Gasteiger partial charge is 3.00 e. The van der Waals surface area contributed by atoms with E-state index in [1.165, 1.54) is 50.1 Å². The number of benzene rings is 9. The monoisotopic (exact) mass is 1120 g/mol. The Labute approximate surface area is 440 Å². The number of fused-ring (bicyclic) bond motifs is 2. The van der Waals surface area contributed by atoms with Crippen LogP contribution in [0.5, 0.6) is 0 Å². The van der Waals surface area contributed by atoms with E-state index in [9.17, 15) is 0 Å². The van der Waals surface area contributed by atoms with Crippen LogP contribution in [0, 0.1) is 18.2 Å². The molecular weight excluding hydrogens is 1070 g/mol. The molecule has 0 aliphatic rings. The smallest absolute Gasteiger partial charge is 0.367 e. The molecule has 3 aromatic heterocycles. The summed E-state index contributed by atoms with van der Waals surface area (Å²) < 4.78 is 4.30. The number of nitrogens with zero attached hydrogens (tertiary/aromatic N) is 5. The van der Waals surface area contributed by atoms with E-state index < -0.39 is 0 Å². The van der Waals surface area contributed by atoms with Crippen molar-refractivity contribution >= 4 is 22.1 Å². The maximum Gasteiger partial charge on any atom is 3.00 e. The molecule has 12 aromatic rings. The van der Waals surface area contributed by atoms with Crippen molar-refractivity contribution in [2.75, 3.05) is 0 Å². The van der Waals surface area contributed by atoms with Crippen LogP contribution >= 0.6 is 0 Å². The number of aryl methyl sites for hydroxylation is 6. The molecule has 3 heterocycles. The predicted octanol–water partition coefficient (Wildman–Crippen LogP) is 15.5. The van der Waals surface area contributed by atoms with Gasteiger partial charge in [0, 0.05) is 20.3 Å². The standard InChI is InChI=1S/C67H50N5.Ir/c1-71-64-18-10-8-16-61(64)69-66(71)55-28-24-46(25-29-55)20-22-48-42-49(23-21-47-26-30-56(31-27-47)67-70-62-17-9-11-19-65(62)72(67)2)44-58(43-48)60-15-7-6-14-59(60)53-36-38-54(39-37-53)63-45-57(40-41-68-63)52-34-32-51(33-35-52)50-12-4-3-5-13-50;/h3-19,24-28,30,32-38,40-45H,20-23H2,1-2H3;/q-3;+3. The molecule has 73 heavy (non-hydrogen) atoms. The Bertz CT molecular complexity index is 3710. The minimum Gasteiger partial charge on any atom is -0.367 e. The van der Waals surface area contributed by atoms with Crippen molar-refractivity contribution in [1.82, 2.24) is 24.1 Å². The summed E-state index contributed by atoms with van der Waals surface area (Å²) in [5.74, 6) is 1.85. The third kappa shape index (κ3) is 9.88. The van der Waals surface area contributed by atoms with Crippen LogP contribution in [0.2, 0.25) is 0 Å². The third-order valence-electron chi connectivity index (χ3n) is 14.0. The summed E-state index contributed by atoms with van der Waals surface area (Å²) in [6, 6.07) is 86.2. The van der Waals surface area contributed by atoms with Gasteiger partial charge in [-0.2, -0.15) is 0 Å². The topological polar surface area (TPSA) is 48.5 Å². The van der Waals surface area contributed by atoms with E-state index in [0.29, 0.717) is 0 Å². The van der Waals surface area contributed by atoms with Crippen molar-refractivity contribution in [1.29, 1.82) is 0 Å². The summed E-state index contributed by atoms with van der Waals surface area (Å²) in [7, 11) is 4.15. The van der Waals surface area contributed by atoms with Crippen LogP contribution in [0.25, 0.3) is 101 Å². The van der Waals surface area contributed by atoms with Gasteiger partial charge in [-0.15, -0.1) is 101 Å². The van der Waals surface area contributed by atoms with Gasteiger partial charge in [0.15, 0.2) is 0 Å². The minimum atomic E-state index is 0. The fourth-order valence-corrected chi connectivity index (χ4v) is 10.0. The van der Waals surface area contributed by atoms with Crippen LogP contribution in [0.1, 0.15) is 22.3 Å². The van der Waals surface area contributed by atoms with Crippen LogP contribution in [0.15, 0.2) is 219 Å². The first-order chi connectivity index (χ1) is 35.5. The van der Waals surface area contributed by atoms with Crippen molar-refractivity contribution in [2.24, 2.45) is 14.1 Å². The van der Waals surface area contributed by atoms with Gasteiger partial charge in [-0.25, -0.2) is 0 Å². The van der Waals surface area contributed by atoms with Gasteiger partial charge in [0.25, 0.3) is 0 Å². The molecule has 0 fully saturated rings. The molecule has 0 amide bonds. The molecule has 0 saturated carbocycles. The Morgan fingerprint density at radius 3 is 1.37 bits per heavy atom. The fourth-order valence-electron chi connectivity index (χ4n) is 10.0. The van der Waals surface area contributed by atoms with Crippen molar-refractivity contribution in [2.45, 2.75) is 25.7 Å². The van der Waals surface area contributed by atoms with Gasteiger partial charge in [-0.05, 0) is 93.4 Å². The Balaban J connectivity index is 0.00000574. The maximum absolute atomic E-state index is 4.91. The van der Waals surface area contributed by atoms with Gasteiger partial charge in [0.1, 0.15) is 0 Å². The van der Waals surface area contributed by atoms with Gasteiger partial charge in [0.05, 0.1) is 33.7 Å². The number of pyridine rings is 1. The molecule has 0 bridgehead atoms. The molecule has 0 aliphatic heterocycles. The Morgan fingerprint density at radius 2 is 0.836 bits per heavy atom. The van der Waals surface area contributed by atoms with E-state index in [0.717, 1.165) is 98.5 Å². The first kappa shape index (κ1) is 47.1. The zero-order valence-electron chi connectivity index (χ0n) is 40.7. The van der Waals surface area contributed by atoms with Gasteiger partial charge < -0.3 is 14.1 Å². The van der Waals surface area contributed by atoms with Crippen LogP contribution in [0.3, 0.4) is 0 Å². The van der Waals surface area contributed by atoms with E-state index in [1.807, 2.05) is 18.3 Å². The van der Waals surface area contributed by atoms with E-state index in [-0.39, 0.29) is 20.1 Å². The van der Waals surface area contributed by atoms with Gasteiger partial charge in [-0.3, -0.25) is 9.97 Å². The molecular formula is C67H50IrN5. The first-order valence-corrected chi connectivity index (χ1v) is 24.7. The predicted molar refractivity (Wildman–Crippen MR) is 295 cm³/mol. The third-order valence-corrected chi connectivity index (χ3v) is 14.0. The molecule has 0 spiro atoms. The average molecular weight is 1120 g/mol. The van der Waals surface area contributed by atoms with Crippen LogP contribution in [-0.2, 0) is 59.9 Å². The summed E-state index contributed by atoms with van der Waals surface area (Å²) in [4.78, 5) is 14.6. The quantitative estimate of drug-likeness (QED) is 0.108. The summed E-state index contributed by atoms with van der Waals surface area (Å²) in [5, 5.41) is 0. The zero-order valence-corrected chi connectivity index (χ0v) is 43.1. The normalized spacial score (nSPS) is 11.3. The summed E-state index contributed by atoms with van der Waals surface area (Å²) in [5.41, 5.74) is 22.6. The average Bonchev–Trinajstić information content (AvgIpc) is 3.97. The summed E-state index contributed by atoms with van der Waals surface area (Å²) in [6.07, 6.45) is 5.48. The summed E-state index contributed by atoms with van der Waals surface area (Å²) in [6.45, 7) is 0. The Hall–Kier alpha value is -8.28. The van der Waals surface area contributed by atoms with E-state index in [1.54, 1.807) is 0 Å². The van der Waals surface area contributed by atoms with Gasteiger partial charge in [-0.1, -0.05) is 151 Å². The molecule has 5 nitrogen and oxygen atoms in total. The number of para-hydroxylation sites is 4. The van der Waals surface area contributed by atoms with Gasteiger partial charge in [0.2, 0.25) is 0 Å². The second kappa shape index (κ2) is 20.8. The maximum atomic E-state index is 4.91. The minimum absolute atomic E-state index is 0. The second-order valence-electron chi connectivity index (χ2n) is 18.6. The zero-order chi connectivity index (χ0) is 48.4. The second-order valence-corrected chi connectivity index (χ2v) is 18.6. The van der Waals surface area contributed by atoms with E-state index in [4.69, 9.17) is 15.0 Å². The first-order valence-electron chi connectivity index (χ1n) is 24.7. The number of hydrogen-bond donors (Lipinski definition) is 0. The molecule has 0 atom stereocenters. The Kier molecular flexibility index (Phi) is 13.4. The number of aromatic nitrogens is 5. The molecule has 0 saturated heterocycles. The molecule has 0 N–H and O–H groups in total. The van der Waals surface area contributed by atoms with Crippen molar-refractivity contribution in [3.05, 3.63) is 259 Å². The summed E-state index contributed by atoms with van der Waals surface area (Å²) >= 11 is 0. The molecule has 0 radical (unpaired) electrons. The fraction of sp³-hybridized carbons (Fsp3) is 0.0896. The SMILES string of the molecule is Cn1c(-c2[c-]cc(CCc3cc(CCc4c[c-]c(-c5nc6ccccc6n5C)cc4)cc(-c4ccccc4-c4c[c-]c(-c5cc(-c6ccc(-c7ccccc7)cc6)ccn5)cc4)c3)cc2)nc2ccccc21.[Ir+3]. The Morgan fingerprint density at radius 1 is 0.370 bits per heavy atom. The van der Waals surface area contributed by atoms with Crippen LogP contribution < -0.4 is 0 Å². The molecule has 6 heteroatoms. The van der Waals surface area contributed by atoms with Crippen molar-refractivity contribution in [3.63, 3.8) is 0 Å². The number of hydrogen-bond acceptors (Lipinski definition) is 3. The van der Waals surface area contributed by atoms with E-state index >= 15 is 0 Å². The molecule has 0 aliphatic carbocycles. The van der Waals surface area contributed by atoms with Crippen LogP contribution in [-0.4, -0.2) is 24.1 Å². The number of imidazole rings is 2. The molecule has 12 rings (SSSR count).